The second-order valence-electron chi connectivity index (χ2n) is 7.49. The average molecular weight is 396 g/mol. The SMILES string of the molecule is CC(C)c1ccc2c(c1)OC1(O)c3ccccc3C(=O)C21NC(=O)CNC(=O)O. The van der Waals surface area contributed by atoms with Gasteiger partial charge in [-0.05, 0) is 17.5 Å². The van der Waals surface area contributed by atoms with Gasteiger partial charge >= 0.3 is 6.09 Å². The molecule has 2 unspecified atom stereocenters. The van der Waals surface area contributed by atoms with Crippen LogP contribution in [0.2, 0.25) is 0 Å². The van der Waals surface area contributed by atoms with Crippen molar-refractivity contribution in [3.05, 3.63) is 64.7 Å². The molecule has 2 aromatic rings. The summed E-state index contributed by atoms with van der Waals surface area (Å²) >= 11 is 0. The van der Waals surface area contributed by atoms with Crippen LogP contribution in [0.15, 0.2) is 42.5 Å². The highest BCUT2D eigenvalue weighted by Crippen LogP contribution is 2.58. The van der Waals surface area contributed by atoms with E-state index in [0.717, 1.165) is 5.56 Å². The normalized spacial score (nSPS) is 23.8. The molecule has 0 aromatic heterocycles. The lowest BCUT2D eigenvalue weighted by molar-refractivity contribution is -0.175. The number of Topliss-reactive ketones (excluding diaryl/α,β-unsaturated/α-hetero) is 1. The molecule has 8 heteroatoms. The van der Waals surface area contributed by atoms with Gasteiger partial charge in [0, 0.05) is 16.7 Å². The maximum absolute atomic E-state index is 13.5. The summed E-state index contributed by atoms with van der Waals surface area (Å²) in [5, 5.41) is 24.9. The predicted molar refractivity (Wildman–Crippen MR) is 102 cm³/mol. The monoisotopic (exact) mass is 396 g/mol. The van der Waals surface area contributed by atoms with E-state index in [0.29, 0.717) is 11.3 Å². The Morgan fingerprint density at radius 1 is 1.14 bits per heavy atom. The van der Waals surface area contributed by atoms with E-state index in [1.165, 1.54) is 0 Å². The van der Waals surface area contributed by atoms with Gasteiger partial charge in [-0.1, -0.05) is 50.2 Å². The van der Waals surface area contributed by atoms with Gasteiger partial charge in [-0.25, -0.2) is 4.79 Å². The third-order valence-electron chi connectivity index (χ3n) is 5.45. The Morgan fingerprint density at radius 2 is 1.86 bits per heavy atom. The van der Waals surface area contributed by atoms with Crippen LogP contribution in [0.1, 0.15) is 46.8 Å². The lowest BCUT2D eigenvalue weighted by Gasteiger charge is -2.34. The van der Waals surface area contributed by atoms with Crippen LogP contribution in [0.3, 0.4) is 0 Å². The Kier molecular flexibility index (Phi) is 4.13. The Hall–Kier alpha value is -3.39. The van der Waals surface area contributed by atoms with E-state index in [1.807, 2.05) is 25.2 Å². The molecule has 4 rings (SSSR count). The summed E-state index contributed by atoms with van der Waals surface area (Å²) in [4.78, 5) is 36.7. The quantitative estimate of drug-likeness (QED) is 0.625. The maximum atomic E-state index is 13.5. The summed E-state index contributed by atoms with van der Waals surface area (Å²) in [6.07, 6.45) is -1.38. The molecule has 2 aromatic carbocycles. The molecule has 4 N–H and O–H groups in total. The van der Waals surface area contributed by atoms with Crippen molar-refractivity contribution in [2.45, 2.75) is 31.1 Å². The molecule has 0 bridgehead atoms. The number of carbonyl (C=O) groups excluding carboxylic acids is 2. The van der Waals surface area contributed by atoms with E-state index in [2.05, 4.69) is 5.32 Å². The zero-order valence-corrected chi connectivity index (χ0v) is 15.9. The van der Waals surface area contributed by atoms with E-state index in [4.69, 9.17) is 9.84 Å². The summed E-state index contributed by atoms with van der Waals surface area (Å²) in [6.45, 7) is 3.43. The summed E-state index contributed by atoms with van der Waals surface area (Å²) in [5.41, 5.74) is -0.145. The molecule has 1 aliphatic carbocycles. The summed E-state index contributed by atoms with van der Waals surface area (Å²) in [5.74, 6) is -2.94. The van der Waals surface area contributed by atoms with E-state index in [9.17, 15) is 19.5 Å². The summed E-state index contributed by atoms with van der Waals surface area (Å²) in [7, 11) is 0. The van der Waals surface area contributed by atoms with E-state index < -0.39 is 35.7 Å². The minimum absolute atomic E-state index is 0.187. The van der Waals surface area contributed by atoms with Gasteiger partial charge in [0.2, 0.25) is 17.2 Å². The Morgan fingerprint density at radius 3 is 2.55 bits per heavy atom. The number of carbonyl (C=O) groups is 3. The van der Waals surface area contributed by atoms with Crippen LogP contribution in [0.4, 0.5) is 4.79 Å². The number of nitrogens with one attached hydrogen (secondary N) is 2. The largest absolute Gasteiger partial charge is 0.465 e. The molecule has 2 aliphatic rings. The van der Waals surface area contributed by atoms with Gasteiger partial charge in [0.05, 0.1) is 0 Å². The molecule has 1 aliphatic heterocycles. The van der Waals surface area contributed by atoms with Crippen LogP contribution in [-0.4, -0.2) is 34.5 Å². The van der Waals surface area contributed by atoms with Crippen molar-refractivity contribution in [1.82, 2.24) is 10.6 Å². The predicted octanol–water partition coefficient (Wildman–Crippen LogP) is 1.82. The first-order valence-electron chi connectivity index (χ1n) is 9.18. The third kappa shape index (κ3) is 2.52. The van der Waals surface area contributed by atoms with Gasteiger partial charge < -0.3 is 25.6 Å². The maximum Gasteiger partial charge on any atom is 0.405 e. The Labute approximate surface area is 166 Å². The van der Waals surface area contributed by atoms with Crippen LogP contribution in [0.25, 0.3) is 0 Å². The van der Waals surface area contributed by atoms with Crippen LogP contribution >= 0.6 is 0 Å². The number of ether oxygens (including phenoxy) is 1. The molecule has 1 heterocycles. The molecule has 0 saturated carbocycles. The van der Waals surface area contributed by atoms with Gasteiger partial charge in [0.1, 0.15) is 12.3 Å². The molecule has 29 heavy (non-hydrogen) atoms. The fourth-order valence-corrected chi connectivity index (χ4v) is 4.04. The number of hydrogen-bond donors (Lipinski definition) is 4. The standard InChI is InChI=1S/C21H20N2O6/c1-11(2)12-7-8-15-16(9-12)29-21(28)14-6-4-3-5-13(14)18(25)20(15,21)23-17(24)10-22-19(26)27/h3-9,11,22,28H,10H2,1-2H3,(H,23,24)(H,26,27). The number of amides is 2. The molecule has 2 amide bonds. The first-order chi connectivity index (χ1) is 13.7. The number of hydrogen-bond acceptors (Lipinski definition) is 5. The Bertz CT molecular complexity index is 1050. The highest BCUT2D eigenvalue weighted by molar-refractivity contribution is 6.12. The van der Waals surface area contributed by atoms with Crippen molar-refractivity contribution in [1.29, 1.82) is 0 Å². The van der Waals surface area contributed by atoms with Gasteiger partial charge in [-0.15, -0.1) is 0 Å². The average Bonchev–Trinajstić information content (AvgIpc) is 3.03. The molecule has 2 atom stereocenters. The van der Waals surface area contributed by atoms with Crippen molar-refractivity contribution in [3.63, 3.8) is 0 Å². The fraction of sp³-hybridized carbons (Fsp3) is 0.286. The van der Waals surface area contributed by atoms with Gasteiger partial charge in [0.25, 0.3) is 5.79 Å². The molecule has 0 saturated heterocycles. The summed E-state index contributed by atoms with van der Waals surface area (Å²) in [6, 6.07) is 11.7. The first-order valence-corrected chi connectivity index (χ1v) is 9.18. The number of fused-ring (bicyclic) bond motifs is 5. The minimum atomic E-state index is -2.14. The van der Waals surface area contributed by atoms with Crippen molar-refractivity contribution in [2.75, 3.05) is 6.54 Å². The highest BCUT2D eigenvalue weighted by Gasteiger charge is 2.71. The number of benzene rings is 2. The fourth-order valence-electron chi connectivity index (χ4n) is 4.04. The summed E-state index contributed by atoms with van der Waals surface area (Å²) < 4.78 is 5.92. The van der Waals surface area contributed by atoms with Gasteiger partial charge in [0.15, 0.2) is 0 Å². The van der Waals surface area contributed by atoms with Crippen LogP contribution in [0.5, 0.6) is 5.75 Å². The zero-order chi connectivity index (χ0) is 21.0. The van der Waals surface area contributed by atoms with E-state index in [-0.39, 0.29) is 17.0 Å². The van der Waals surface area contributed by atoms with Crippen molar-refractivity contribution < 1.29 is 29.3 Å². The second-order valence-corrected chi connectivity index (χ2v) is 7.49. The topological polar surface area (TPSA) is 125 Å². The number of rotatable bonds is 4. The molecule has 150 valence electrons. The van der Waals surface area contributed by atoms with E-state index in [1.54, 1.807) is 36.4 Å². The zero-order valence-electron chi connectivity index (χ0n) is 15.9. The molecule has 0 radical (unpaired) electrons. The smallest absolute Gasteiger partial charge is 0.405 e. The number of carboxylic acid groups (broad SMARTS) is 1. The lowest BCUT2D eigenvalue weighted by atomic mass is 9.82. The Balaban J connectivity index is 1.87. The molecular weight excluding hydrogens is 376 g/mol. The van der Waals surface area contributed by atoms with Crippen molar-refractivity contribution >= 4 is 17.8 Å². The highest BCUT2D eigenvalue weighted by atomic mass is 16.6. The third-order valence-corrected chi connectivity index (χ3v) is 5.45. The van der Waals surface area contributed by atoms with Crippen molar-refractivity contribution in [2.24, 2.45) is 0 Å². The van der Waals surface area contributed by atoms with Gasteiger partial charge in [-0.2, -0.15) is 0 Å². The second kappa shape index (κ2) is 6.31. The molecule has 8 nitrogen and oxygen atoms in total. The van der Waals surface area contributed by atoms with Gasteiger partial charge in [-0.3, -0.25) is 9.59 Å². The number of aliphatic hydroxyl groups is 1. The molecule has 0 fully saturated rings. The molecular formula is C21H20N2O6. The minimum Gasteiger partial charge on any atom is -0.465 e. The van der Waals surface area contributed by atoms with Crippen molar-refractivity contribution in [3.8, 4) is 5.75 Å². The van der Waals surface area contributed by atoms with E-state index >= 15 is 0 Å². The molecule has 0 spiro atoms. The first kappa shape index (κ1) is 18.9. The number of ketones is 1. The van der Waals surface area contributed by atoms with Crippen LogP contribution in [0, 0.1) is 0 Å². The van der Waals surface area contributed by atoms with Crippen LogP contribution in [-0.2, 0) is 16.1 Å². The van der Waals surface area contributed by atoms with Crippen LogP contribution < -0.4 is 15.4 Å². The lowest BCUT2D eigenvalue weighted by Crippen LogP contribution is -2.61.